The van der Waals surface area contributed by atoms with Crippen LogP contribution in [0.4, 0.5) is 9.18 Å². The Morgan fingerprint density at radius 2 is 1.79 bits per heavy atom. The molecule has 148 valence electrons. The van der Waals surface area contributed by atoms with Crippen LogP contribution in [-0.4, -0.2) is 40.0 Å². The van der Waals surface area contributed by atoms with Crippen LogP contribution in [0.2, 0.25) is 0 Å². The molecule has 1 aliphatic carbocycles. The van der Waals surface area contributed by atoms with E-state index in [0.717, 1.165) is 41.8 Å². The highest BCUT2D eigenvalue weighted by Gasteiger charge is 2.24. The summed E-state index contributed by atoms with van der Waals surface area (Å²) in [6, 6.07) is 6.63. The molecular weight excluding hydrogens is 355 g/mol. The summed E-state index contributed by atoms with van der Waals surface area (Å²) in [6.07, 6.45) is 7.35. The fourth-order valence-electron chi connectivity index (χ4n) is 4.23. The third-order valence-electron chi connectivity index (χ3n) is 5.87. The molecule has 2 aliphatic rings. The van der Waals surface area contributed by atoms with Crippen molar-refractivity contribution < 1.29 is 9.18 Å². The first-order valence-electron chi connectivity index (χ1n) is 10.3. The summed E-state index contributed by atoms with van der Waals surface area (Å²) < 4.78 is 13.2. The molecule has 0 saturated heterocycles. The first-order chi connectivity index (χ1) is 13.6. The Morgan fingerprint density at radius 1 is 1.07 bits per heavy atom. The molecule has 1 aromatic carbocycles. The van der Waals surface area contributed by atoms with Gasteiger partial charge >= 0.3 is 6.03 Å². The fraction of sp³-hybridized carbons (Fsp3) is 0.500. The maximum Gasteiger partial charge on any atom is 0.317 e. The molecule has 6 heteroatoms. The lowest BCUT2D eigenvalue weighted by atomic mass is 9.96. The number of amides is 2. The van der Waals surface area contributed by atoms with Gasteiger partial charge in [-0.2, -0.15) is 0 Å². The number of nitrogens with zero attached hydrogens (tertiary/aromatic N) is 3. The van der Waals surface area contributed by atoms with E-state index >= 15 is 0 Å². The second-order valence-corrected chi connectivity index (χ2v) is 7.84. The number of urea groups is 1. The van der Waals surface area contributed by atoms with E-state index in [1.807, 2.05) is 11.8 Å². The van der Waals surface area contributed by atoms with Crippen molar-refractivity contribution in [3.05, 3.63) is 47.0 Å². The van der Waals surface area contributed by atoms with Gasteiger partial charge in [0.1, 0.15) is 5.82 Å². The van der Waals surface area contributed by atoms with Gasteiger partial charge in [-0.3, -0.25) is 0 Å². The van der Waals surface area contributed by atoms with Gasteiger partial charge in [-0.15, -0.1) is 0 Å². The number of hydrogen-bond acceptors (Lipinski definition) is 3. The number of aromatic nitrogens is 2. The fourth-order valence-corrected chi connectivity index (χ4v) is 4.23. The summed E-state index contributed by atoms with van der Waals surface area (Å²) in [6.45, 7) is 3.34. The van der Waals surface area contributed by atoms with E-state index in [2.05, 4.69) is 10.3 Å². The van der Waals surface area contributed by atoms with Crippen molar-refractivity contribution in [3.63, 3.8) is 0 Å². The zero-order chi connectivity index (χ0) is 19.5. The van der Waals surface area contributed by atoms with Crippen molar-refractivity contribution in [2.24, 2.45) is 0 Å². The quantitative estimate of drug-likeness (QED) is 0.853. The molecule has 5 nitrogen and oxygen atoms in total. The molecule has 4 rings (SSSR count). The van der Waals surface area contributed by atoms with Gasteiger partial charge in [0.25, 0.3) is 0 Å². The van der Waals surface area contributed by atoms with Crippen LogP contribution in [0.15, 0.2) is 24.3 Å². The van der Waals surface area contributed by atoms with Gasteiger partial charge in [-0.05, 0) is 56.0 Å². The van der Waals surface area contributed by atoms with Crippen LogP contribution in [0.1, 0.15) is 49.1 Å². The summed E-state index contributed by atoms with van der Waals surface area (Å²) >= 11 is 0. The second kappa shape index (κ2) is 8.25. The molecule has 2 amide bonds. The average molecular weight is 382 g/mol. The van der Waals surface area contributed by atoms with Crippen molar-refractivity contribution in [2.75, 3.05) is 13.1 Å². The lowest BCUT2D eigenvalue weighted by Crippen LogP contribution is -2.46. The van der Waals surface area contributed by atoms with Crippen LogP contribution in [0.5, 0.6) is 0 Å². The van der Waals surface area contributed by atoms with E-state index in [-0.39, 0.29) is 11.8 Å². The maximum absolute atomic E-state index is 13.2. The lowest BCUT2D eigenvalue weighted by molar-refractivity contribution is 0.192. The monoisotopic (exact) mass is 382 g/mol. The molecule has 2 heterocycles. The zero-order valence-corrected chi connectivity index (χ0v) is 16.4. The van der Waals surface area contributed by atoms with E-state index in [0.29, 0.717) is 31.4 Å². The van der Waals surface area contributed by atoms with Crippen molar-refractivity contribution >= 4 is 6.03 Å². The molecule has 1 aromatic heterocycles. The molecule has 1 aliphatic heterocycles. The van der Waals surface area contributed by atoms with Gasteiger partial charge in [0.2, 0.25) is 0 Å². The molecule has 0 unspecified atom stereocenters. The van der Waals surface area contributed by atoms with Crippen molar-refractivity contribution in [2.45, 2.75) is 57.9 Å². The first kappa shape index (κ1) is 18.8. The second-order valence-electron chi connectivity index (χ2n) is 7.84. The third-order valence-corrected chi connectivity index (χ3v) is 5.87. The maximum atomic E-state index is 13.2. The van der Waals surface area contributed by atoms with Crippen LogP contribution in [0.3, 0.4) is 0 Å². The number of benzene rings is 1. The van der Waals surface area contributed by atoms with Crippen molar-refractivity contribution in [3.8, 4) is 11.4 Å². The molecule has 2 aromatic rings. The Balaban J connectivity index is 1.48. The largest absolute Gasteiger partial charge is 0.335 e. The minimum Gasteiger partial charge on any atom is -0.335 e. The van der Waals surface area contributed by atoms with Gasteiger partial charge in [0, 0.05) is 42.5 Å². The van der Waals surface area contributed by atoms with Crippen LogP contribution >= 0.6 is 0 Å². The predicted molar refractivity (Wildman–Crippen MR) is 107 cm³/mol. The highest BCUT2D eigenvalue weighted by Crippen LogP contribution is 2.23. The third kappa shape index (κ3) is 4.16. The van der Waals surface area contributed by atoms with Gasteiger partial charge in [-0.1, -0.05) is 19.3 Å². The molecular formula is C22H27FN4O. The molecule has 1 saturated carbocycles. The Hall–Kier alpha value is -2.50. The first-order valence-corrected chi connectivity index (χ1v) is 10.3. The average Bonchev–Trinajstić information content (AvgIpc) is 2.92. The number of fused-ring (bicyclic) bond motifs is 1. The summed E-state index contributed by atoms with van der Waals surface area (Å²) in [5, 5.41) is 3.22. The van der Waals surface area contributed by atoms with Crippen molar-refractivity contribution in [1.29, 1.82) is 0 Å². The SMILES string of the molecule is Cc1nc(-c2ccc(F)cc2)nc2c1CCN(C(=O)NC1CCCCC1)CC2. The number of nitrogens with one attached hydrogen (secondary N) is 1. The molecule has 28 heavy (non-hydrogen) atoms. The van der Waals surface area contributed by atoms with Gasteiger partial charge in [0.15, 0.2) is 5.82 Å². The van der Waals surface area contributed by atoms with Crippen LogP contribution in [-0.2, 0) is 12.8 Å². The number of halogens is 1. The zero-order valence-electron chi connectivity index (χ0n) is 16.4. The standard InChI is InChI=1S/C22H27FN4O/c1-15-19-11-13-27(22(28)25-18-5-3-2-4-6-18)14-12-20(19)26-21(24-15)16-7-9-17(23)10-8-16/h7-10,18H,2-6,11-14H2,1H3,(H,25,28). The van der Waals surface area contributed by atoms with Gasteiger partial charge in [-0.25, -0.2) is 19.2 Å². The predicted octanol–water partition coefficient (Wildman–Crippen LogP) is 4.03. The number of carbonyl (C=O) groups excluding carboxylic acids is 1. The summed E-state index contributed by atoms with van der Waals surface area (Å²) in [4.78, 5) is 24.0. The number of aryl methyl sites for hydroxylation is 1. The van der Waals surface area contributed by atoms with Crippen LogP contribution in [0.25, 0.3) is 11.4 Å². The normalized spacial score (nSPS) is 17.7. The van der Waals surface area contributed by atoms with E-state index in [1.54, 1.807) is 12.1 Å². The Morgan fingerprint density at radius 3 is 2.54 bits per heavy atom. The van der Waals surface area contributed by atoms with E-state index < -0.39 is 0 Å². The Labute approximate surface area is 165 Å². The number of carbonyl (C=O) groups is 1. The molecule has 0 bridgehead atoms. The molecule has 0 spiro atoms. The molecule has 1 N–H and O–H groups in total. The Bertz CT molecular complexity index is 846. The van der Waals surface area contributed by atoms with E-state index in [4.69, 9.17) is 4.98 Å². The minimum atomic E-state index is -0.269. The summed E-state index contributed by atoms with van der Waals surface area (Å²) in [5.41, 5.74) is 3.89. The smallest absolute Gasteiger partial charge is 0.317 e. The minimum absolute atomic E-state index is 0.0454. The topological polar surface area (TPSA) is 58.1 Å². The molecule has 0 radical (unpaired) electrons. The highest BCUT2D eigenvalue weighted by atomic mass is 19.1. The summed E-state index contributed by atoms with van der Waals surface area (Å²) in [7, 11) is 0. The van der Waals surface area contributed by atoms with E-state index in [1.165, 1.54) is 31.4 Å². The van der Waals surface area contributed by atoms with Crippen LogP contribution < -0.4 is 5.32 Å². The molecule has 1 fully saturated rings. The lowest BCUT2D eigenvalue weighted by Gasteiger charge is -2.27. The number of rotatable bonds is 2. The van der Waals surface area contributed by atoms with E-state index in [9.17, 15) is 9.18 Å². The summed E-state index contributed by atoms with van der Waals surface area (Å²) in [5.74, 6) is 0.353. The van der Waals surface area contributed by atoms with Gasteiger partial charge in [0.05, 0.1) is 0 Å². The van der Waals surface area contributed by atoms with Gasteiger partial charge < -0.3 is 10.2 Å². The highest BCUT2D eigenvalue weighted by molar-refractivity contribution is 5.74. The Kier molecular flexibility index (Phi) is 5.55. The van der Waals surface area contributed by atoms with Crippen molar-refractivity contribution in [1.82, 2.24) is 20.2 Å². The van der Waals surface area contributed by atoms with Crippen LogP contribution in [0, 0.1) is 12.7 Å². The molecule has 0 atom stereocenters. The number of hydrogen-bond donors (Lipinski definition) is 1.